The molecule has 1 fully saturated rings. The van der Waals surface area contributed by atoms with Gasteiger partial charge in [-0.05, 0) is 87.6 Å². The molecule has 18 nitrogen and oxygen atoms in total. The van der Waals surface area contributed by atoms with E-state index in [-0.39, 0.29) is 37.4 Å². The maximum atomic E-state index is 15.1. The van der Waals surface area contributed by atoms with E-state index in [0.29, 0.717) is 144 Å². The highest BCUT2D eigenvalue weighted by molar-refractivity contribution is 6.31. The Morgan fingerprint density at radius 1 is 0.792 bits per heavy atom. The minimum atomic E-state index is -0.542. The van der Waals surface area contributed by atoms with E-state index in [1.54, 1.807) is 39.1 Å². The lowest BCUT2D eigenvalue weighted by Crippen LogP contribution is -2.45. The lowest BCUT2D eigenvalue weighted by Gasteiger charge is -2.36. The van der Waals surface area contributed by atoms with Gasteiger partial charge < -0.3 is 64.3 Å². The number of H-pyrrole nitrogens is 1. The fourth-order valence-corrected chi connectivity index (χ4v) is 7.89. The topological polar surface area (TPSA) is 209 Å². The second-order valence-electron chi connectivity index (χ2n) is 18.0. The molecule has 0 spiro atoms. The van der Waals surface area contributed by atoms with Crippen LogP contribution in [0.1, 0.15) is 51.2 Å². The molecule has 0 atom stereocenters. The Hall–Kier alpha value is -6.09. The number of halogens is 2. The number of benzene rings is 3. The highest BCUT2D eigenvalue weighted by Gasteiger charge is 2.29. The van der Waals surface area contributed by atoms with Crippen LogP contribution in [0.5, 0.6) is 0 Å². The number of carbonyl (C=O) groups excluding carboxylic acids is 3. The summed E-state index contributed by atoms with van der Waals surface area (Å²) in [7, 11) is 0. The number of anilines is 2. The van der Waals surface area contributed by atoms with Crippen molar-refractivity contribution >= 4 is 52.2 Å². The SMILES string of the molecule is Cc1cc(F)cc(-c2cnc(NCCNC(=O)CCOCCOCCOCCOCCOCCNC(=O)OC(C)(C)C)c(-c3nc4cc(Cl)ccc4[nH]3)c2N2CCC(NC(=O)OCc3ccccc3)CC2)c1. The maximum Gasteiger partial charge on any atom is 0.407 e. The summed E-state index contributed by atoms with van der Waals surface area (Å²) < 4.78 is 53.4. The first kappa shape index (κ1) is 55.2. The largest absolute Gasteiger partial charge is 0.445 e. The van der Waals surface area contributed by atoms with Gasteiger partial charge in [0.05, 0.1) is 88.4 Å². The molecule has 72 heavy (non-hydrogen) atoms. The molecule has 3 amide bonds. The molecule has 5 aromatic rings. The number of carbonyl (C=O) groups is 3. The number of aromatic nitrogens is 3. The van der Waals surface area contributed by atoms with Gasteiger partial charge in [-0.2, -0.15) is 0 Å². The number of nitrogens with zero attached hydrogens (tertiary/aromatic N) is 3. The number of alkyl carbamates (subject to hydrolysis) is 2. The third kappa shape index (κ3) is 18.8. The Morgan fingerprint density at radius 3 is 2.12 bits per heavy atom. The molecule has 1 aliphatic rings. The van der Waals surface area contributed by atoms with E-state index < -0.39 is 17.8 Å². The summed E-state index contributed by atoms with van der Waals surface area (Å²) in [6, 6.07) is 19.8. The standard InChI is InChI=1S/C52H68ClFN8O10/c1-36-30-38(32-40(54)31-36)42-34-58-48(56-16-15-55-45(63)14-20-66-22-24-68-26-28-70-29-27-69-25-23-67-21-17-57-50(64)72-52(2,3)4)46(49-60-43-11-10-39(53)33-44(43)61-49)47(42)62-18-12-41(13-19-62)59-51(65)71-35-37-8-6-5-7-9-37/h5-11,30-34,41H,12-29,35H2,1-4H3,(H,55,63)(H,56,58)(H,57,64)(H,59,65)(H,60,61). The zero-order valence-corrected chi connectivity index (χ0v) is 42.4. The van der Waals surface area contributed by atoms with Crippen LogP contribution in [0, 0.1) is 12.7 Å². The van der Waals surface area contributed by atoms with Crippen LogP contribution in [-0.2, 0) is 44.6 Å². The van der Waals surface area contributed by atoms with Crippen LogP contribution >= 0.6 is 11.6 Å². The molecule has 0 unspecified atom stereocenters. The summed E-state index contributed by atoms with van der Waals surface area (Å²) in [5.74, 6) is 0.504. The van der Waals surface area contributed by atoms with Crippen molar-refractivity contribution in [1.82, 2.24) is 30.9 Å². The molecule has 1 aliphatic heterocycles. The average Bonchev–Trinajstić information content (AvgIpc) is 3.76. The molecule has 0 bridgehead atoms. The summed E-state index contributed by atoms with van der Waals surface area (Å²) in [6.45, 7) is 13.2. The molecule has 0 saturated carbocycles. The number of aryl methyl sites for hydroxylation is 1. The predicted molar refractivity (Wildman–Crippen MR) is 274 cm³/mol. The highest BCUT2D eigenvalue weighted by Crippen LogP contribution is 2.44. The van der Waals surface area contributed by atoms with E-state index in [2.05, 4.69) is 31.2 Å². The van der Waals surface area contributed by atoms with Gasteiger partial charge in [0.1, 0.15) is 29.7 Å². The Bertz CT molecular complexity index is 2470. The zero-order chi connectivity index (χ0) is 51.1. The fourth-order valence-electron chi connectivity index (χ4n) is 7.72. The number of aromatic amines is 1. The summed E-state index contributed by atoms with van der Waals surface area (Å²) in [4.78, 5) is 52.8. The minimum Gasteiger partial charge on any atom is -0.445 e. The van der Waals surface area contributed by atoms with Gasteiger partial charge in [-0.3, -0.25) is 4.79 Å². The van der Waals surface area contributed by atoms with Crippen LogP contribution in [0.3, 0.4) is 0 Å². The van der Waals surface area contributed by atoms with E-state index in [0.717, 1.165) is 22.3 Å². The van der Waals surface area contributed by atoms with Crippen molar-refractivity contribution in [2.75, 3.05) is 109 Å². The molecular weight excluding hydrogens is 951 g/mol. The van der Waals surface area contributed by atoms with E-state index in [4.69, 9.17) is 54.7 Å². The molecule has 6 rings (SSSR count). The Morgan fingerprint density at radius 2 is 1.46 bits per heavy atom. The predicted octanol–water partition coefficient (Wildman–Crippen LogP) is 7.81. The second-order valence-corrected chi connectivity index (χ2v) is 18.4. The van der Waals surface area contributed by atoms with Gasteiger partial charge in [0, 0.05) is 62.0 Å². The van der Waals surface area contributed by atoms with E-state index in [1.807, 2.05) is 49.4 Å². The molecule has 20 heteroatoms. The highest BCUT2D eigenvalue weighted by atomic mass is 35.5. The molecular formula is C52H68ClFN8O10. The number of amides is 3. The van der Waals surface area contributed by atoms with Gasteiger partial charge in [-0.1, -0.05) is 48.0 Å². The van der Waals surface area contributed by atoms with E-state index in [1.165, 1.54) is 12.1 Å². The van der Waals surface area contributed by atoms with Gasteiger partial charge in [0.15, 0.2) is 0 Å². The zero-order valence-electron chi connectivity index (χ0n) is 41.6. The molecule has 1 saturated heterocycles. The summed E-state index contributed by atoms with van der Waals surface area (Å²) >= 11 is 6.39. The van der Waals surface area contributed by atoms with E-state index in [9.17, 15) is 14.4 Å². The van der Waals surface area contributed by atoms with Crippen LogP contribution in [0.4, 0.5) is 25.5 Å². The van der Waals surface area contributed by atoms with Gasteiger partial charge in [-0.15, -0.1) is 0 Å². The Kier molecular flexibility index (Phi) is 22.1. The van der Waals surface area contributed by atoms with Crippen molar-refractivity contribution in [3.05, 3.63) is 94.9 Å². The number of piperidine rings is 1. The molecule has 390 valence electrons. The molecule has 3 heterocycles. The number of fused-ring (bicyclic) bond motifs is 1. The quantitative estimate of drug-likeness (QED) is 0.0303. The van der Waals surface area contributed by atoms with Crippen LogP contribution in [0.2, 0.25) is 5.02 Å². The van der Waals surface area contributed by atoms with Crippen LogP contribution in [-0.4, -0.2) is 143 Å². The Labute approximate surface area is 425 Å². The number of hydrogen-bond acceptors (Lipinski definition) is 14. The molecule has 5 N–H and O–H groups in total. The van der Waals surface area contributed by atoms with Crippen molar-refractivity contribution in [2.24, 2.45) is 0 Å². The number of nitrogens with one attached hydrogen (secondary N) is 5. The van der Waals surface area contributed by atoms with Crippen molar-refractivity contribution in [2.45, 2.75) is 65.2 Å². The number of rotatable bonds is 28. The van der Waals surface area contributed by atoms with Crippen LogP contribution in [0.25, 0.3) is 33.5 Å². The average molecular weight is 1020 g/mol. The minimum absolute atomic E-state index is 0.125. The summed E-state index contributed by atoms with van der Waals surface area (Å²) in [5, 5.41) is 12.6. The summed E-state index contributed by atoms with van der Waals surface area (Å²) in [5.41, 5.74) is 5.37. The van der Waals surface area contributed by atoms with Crippen molar-refractivity contribution in [1.29, 1.82) is 0 Å². The fraction of sp³-hybridized carbons (Fsp3) is 0.481. The Balaban J connectivity index is 0.947. The number of hydrogen-bond donors (Lipinski definition) is 5. The van der Waals surface area contributed by atoms with Crippen LogP contribution < -0.4 is 26.2 Å². The normalized spacial score (nSPS) is 13.0. The maximum absolute atomic E-state index is 15.1. The first-order valence-corrected chi connectivity index (χ1v) is 24.7. The first-order valence-electron chi connectivity index (χ1n) is 24.4. The van der Waals surface area contributed by atoms with Gasteiger partial charge in [0.25, 0.3) is 0 Å². The lowest BCUT2D eigenvalue weighted by atomic mass is 9.96. The van der Waals surface area contributed by atoms with E-state index >= 15 is 4.39 Å². The second kappa shape index (κ2) is 28.8. The smallest absolute Gasteiger partial charge is 0.407 e. The van der Waals surface area contributed by atoms with Crippen molar-refractivity contribution in [3.63, 3.8) is 0 Å². The van der Waals surface area contributed by atoms with Crippen molar-refractivity contribution < 1.29 is 51.9 Å². The number of imidazole rings is 1. The van der Waals surface area contributed by atoms with Crippen molar-refractivity contribution in [3.8, 4) is 22.5 Å². The molecule has 0 radical (unpaired) electrons. The monoisotopic (exact) mass is 1020 g/mol. The molecule has 0 aliphatic carbocycles. The molecule has 2 aromatic heterocycles. The number of pyridine rings is 1. The lowest BCUT2D eigenvalue weighted by molar-refractivity contribution is -0.122. The molecule has 3 aromatic carbocycles. The third-order valence-corrected chi connectivity index (χ3v) is 11.3. The van der Waals surface area contributed by atoms with Crippen LogP contribution in [0.15, 0.2) is 72.9 Å². The third-order valence-electron chi connectivity index (χ3n) is 11.0. The summed E-state index contributed by atoms with van der Waals surface area (Å²) in [6.07, 6.45) is 2.20. The number of ether oxygens (including phenoxy) is 7. The first-order chi connectivity index (χ1) is 34.8. The van der Waals surface area contributed by atoms with Gasteiger partial charge in [-0.25, -0.2) is 23.9 Å². The van der Waals surface area contributed by atoms with Gasteiger partial charge >= 0.3 is 12.2 Å². The van der Waals surface area contributed by atoms with Gasteiger partial charge in [0.2, 0.25) is 5.91 Å².